The first kappa shape index (κ1) is 17.9. The summed E-state index contributed by atoms with van der Waals surface area (Å²) in [5.74, 6) is 0.179. The van der Waals surface area contributed by atoms with Crippen LogP contribution in [0.15, 0.2) is 12.3 Å². The van der Waals surface area contributed by atoms with Crippen molar-refractivity contribution in [2.45, 2.75) is 26.7 Å². The molecule has 2 aliphatic heterocycles. The molecule has 8 heteroatoms. The lowest BCUT2D eigenvalue weighted by molar-refractivity contribution is -0.131. The van der Waals surface area contributed by atoms with Crippen LogP contribution in [0.1, 0.15) is 34.6 Å². The van der Waals surface area contributed by atoms with Gasteiger partial charge in [0, 0.05) is 50.7 Å². The van der Waals surface area contributed by atoms with E-state index in [9.17, 15) is 9.59 Å². The van der Waals surface area contributed by atoms with Crippen LogP contribution in [0, 0.1) is 13.8 Å². The number of amides is 2. The molecule has 0 spiro atoms. The number of likely N-dealkylation sites (tertiary alicyclic amines) is 1. The number of rotatable bonds is 3. The summed E-state index contributed by atoms with van der Waals surface area (Å²) in [6, 6.07) is 1.95. The SMILES string of the molecule is Cc1cc(C)n2ncc(C(=O)N3CCN(CC(=O)N4CCCC4)CC3)c2n1. The standard InChI is InChI=1S/C19H26N6O2/c1-14-11-15(2)25-18(21-14)16(12-20-25)19(27)24-9-7-22(8-10-24)13-17(26)23-5-3-4-6-23/h11-12H,3-10,13H2,1-2H3. The Kier molecular flexibility index (Phi) is 4.82. The Morgan fingerprint density at radius 3 is 2.41 bits per heavy atom. The van der Waals surface area contributed by atoms with Crippen LogP contribution in [0.25, 0.3) is 5.65 Å². The molecule has 0 unspecified atom stereocenters. The number of piperazine rings is 1. The van der Waals surface area contributed by atoms with Crippen molar-refractivity contribution < 1.29 is 9.59 Å². The van der Waals surface area contributed by atoms with Gasteiger partial charge >= 0.3 is 0 Å². The Bertz CT molecular complexity index is 862. The number of nitrogens with zero attached hydrogens (tertiary/aromatic N) is 6. The molecular formula is C19H26N6O2. The quantitative estimate of drug-likeness (QED) is 0.796. The second kappa shape index (κ2) is 7.26. The number of aromatic nitrogens is 3. The summed E-state index contributed by atoms with van der Waals surface area (Å²) >= 11 is 0. The number of carbonyl (C=O) groups excluding carboxylic acids is 2. The normalized spacial score (nSPS) is 18.4. The third-order valence-corrected chi connectivity index (χ3v) is 5.49. The van der Waals surface area contributed by atoms with E-state index in [2.05, 4.69) is 15.0 Å². The lowest BCUT2D eigenvalue weighted by atomic mass is 10.2. The van der Waals surface area contributed by atoms with Crippen molar-refractivity contribution in [3.63, 3.8) is 0 Å². The van der Waals surface area contributed by atoms with E-state index in [4.69, 9.17) is 0 Å². The zero-order chi connectivity index (χ0) is 19.0. The molecule has 0 aromatic carbocycles. The number of hydrogen-bond donors (Lipinski definition) is 0. The molecule has 2 fully saturated rings. The molecule has 0 N–H and O–H groups in total. The van der Waals surface area contributed by atoms with Gasteiger partial charge in [-0.25, -0.2) is 9.50 Å². The van der Waals surface area contributed by atoms with Crippen molar-refractivity contribution in [2.24, 2.45) is 0 Å². The van der Waals surface area contributed by atoms with Gasteiger partial charge in [0.05, 0.1) is 12.7 Å². The Labute approximate surface area is 158 Å². The molecule has 0 aliphatic carbocycles. The number of aryl methyl sites for hydroxylation is 2. The van der Waals surface area contributed by atoms with Gasteiger partial charge in [0.1, 0.15) is 5.56 Å². The van der Waals surface area contributed by atoms with Gasteiger partial charge in [-0.15, -0.1) is 0 Å². The first-order chi connectivity index (χ1) is 13.0. The summed E-state index contributed by atoms with van der Waals surface area (Å²) in [6.45, 7) is 8.78. The predicted octanol–water partition coefficient (Wildman–Crippen LogP) is 0.726. The fraction of sp³-hybridized carbons (Fsp3) is 0.579. The summed E-state index contributed by atoms with van der Waals surface area (Å²) in [6.07, 6.45) is 3.84. The molecule has 27 heavy (non-hydrogen) atoms. The average molecular weight is 370 g/mol. The van der Waals surface area contributed by atoms with Crippen molar-refractivity contribution >= 4 is 17.5 Å². The number of fused-ring (bicyclic) bond motifs is 1. The highest BCUT2D eigenvalue weighted by Gasteiger charge is 2.27. The van der Waals surface area contributed by atoms with Crippen molar-refractivity contribution in [2.75, 3.05) is 45.8 Å². The van der Waals surface area contributed by atoms with Crippen LogP contribution in [0.5, 0.6) is 0 Å². The summed E-state index contributed by atoms with van der Waals surface area (Å²) in [4.78, 5) is 35.7. The fourth-order valence-electron chi connectivity index (χ4n) is 3.96. The van der Waals surface area contributed by atoms with E-state index in [0.717, 1.165) is 50.4 Å². The fourth-order valence-corrected chi connectivity index (χ4v) is 3.96. The van der Waals surface area contributed by atoms with Crippen LogP contribution in [-0.2, 0) is 4.79 Å². The van der Waals surface area contributed by atoms with E-state index in [1.165, 1.54) is 0 Å². The molecule has 144 valence electrons. The lowest BCUT2D eigenvalue weighted by Gasteiger charge is -2.34. The van der Waals surface area contributed by atoms with Gasteiger partial charge in [0.2, 0.25) is 5.91 Å². The van der Waals surface area contributed by atoms with Gasteiger partial charge in [-0.1, -0.05) is 0 Å². The van der Waals surface area contributed by atoms with Gasteiger partial charge in [0.15, 0.2) is 5.65 Å². The number of carbonyl (C=O) groups is 2. The molecule has 2 amide bonds. The van der Waals surface area contributed by atoms with Crippen LogP contribution in [0.3, 0.4) is 0 Å². The van der Waals surface area contributed by atoms with Crippen LogP contribution in [0.4, 0.5) is 0 Å². The van der Waals surface area contributed by atoms with Gasteiger partial charge in [-0.05, 0) is 32.8 Å². The summed E-state index contributed by atoms with van der Waals surface area (Å²) in [7, 11) is 0. The first-order valence-corrected chi connectivity index (χ1v) is 9.64. The minimum atomic E-state index is -0.0342. The van der Waals surface area contributed by atoms with E-state index in [-0.39, 0.29) is 11.8 Å². The zero-order valence-electron chi connectivity index (χ0n) is 16.0. The van der Waals surface area contributed by atoms with Crippen molar-refractivity contribution in [3.05, 3.63) is 29.2 Å². The molecule has 2 aliphatic rings. The van der Waals surface area contributed by atoms with Crippen molar-refractivity contribution in [1.29, 1.82) is 0 Å². The Balaban J connectivity index is 1.39. The van der Waals surface area contributed by atoms with Crippen molar-refractivity contribution in [1.82, 2.24) is 29.3 Å². The summed E-state index contributed by atoms with van der Waals surface area (Å²) in [5, 5.41) is 4.32. The molecule has 8 nitrogen and oxygen atoms in total. The van der Waals surface area contributed by atoms with Gasteiger partial charge in [-0.2, -0.15) is 5.10 Å². The van der Waals surface area contributed by atoms with Gasteiger partial charge in [0.25, 0.3) is 5.91 Å². The molecule has 2 aromatic heterocycles. The highest BCUT2D eigenvalue weighted by molar-refractivity contribution is 5.99. The largest absolute Gasteiger partial charge is 0.342 e. The van der Waals surface area contributed by atoms with E-state index in [1.807, 2.05) is 29.7 Å². The molecule has 2 saturated heterocycles. The van der Waals surface area contributed by atoms with E-state index in [1.54, 1.807) is 10.7 Å². The second-order valence-electron chi connectivity index (χ2n) is 7.49. The highest BCUT2D eigenvalue weighted by atomic mass is 16.2. The van der Waals surface area contributed by atoms with Crippen LogP contribution in [-0.4, -0.2) is 86.9 Å². The number of hydrogen-bond acceptors (Lipinski definition) is 5. The monoisotopic (exact) mass is 370 g/mol. The Morgan fingerprint density at radius 2 is 1.70 bits per heavy atom. The van der Waals surface area contributed by atoms with Crippen LogP contribution < -0.4 is 0 Å². The molecule has 4 rings (SSSR count). The van der Waals surface area contributed by atoms with Crippen molar-refractivity contribution in [3.8, 4) is 0 Å². The first-order valence-electron chi connectivity index (χ1n) is 9.64. The predicted molar refractivity (Wildman–Crippen MR) is 101 cm³/mol. The third-order valence-electron chi connectivity index (χ3n) is 5.49. The molecule has 2 aromatic rings. The average Bonchev–Trinajstić information content (AvgIpc) is 3.32. The van der Waals surface area contributed by atoms with E-state index in [0.29, 0.717) is 30.8 Å². The maximum atomic E-state index is 13.0. The Morgan fingerprint density at radius 1 is 1.00 bits per heavy atom. The maximum absolute atomic E-state index is 13.0. The lowest BCUT2D eigenvalue weighted by Crippen LogP contribution is -2.51. The van der Waals surface area contributed by atoms with E-state index < -0.39 is 0 Å². The summed E-state index contributed by atoms with van der Waals surface area (Å²) in [5.41, 5.74) is 2.99. The van der Waals surface area contributed by atoms with Crippen LogP contribution >= 0.6 is 0 Å². The third kappa shape index (κ3) is 3.53. The molecule has 0 radical (unpaired) electrons. The molecule has 4 heterocycles. The van der Waals surface area contributed by atoms with Gasteiger partial charge in [-0.3, -0.25) is 14.5 Å². The van der Waals surface area contributed by atoms with E-state index >= 15 is 0 Å². The molecule has 0 bridgehead atoms. The minimum Gasteiger partial charge on any atom is -0.342 e. The van der Waals surface area contributed by atoms with Gasteiger partial charge < -0.3 is 9.80 Å². The summed E-state index contributed by atoms with van der Waals surface area (Å²) < 4.78 is 1.71. The minimum absolute atomic E-state index is 0.0342. The topological polar surface area (TPSA) is 74.1 Å². The molecule has 0 saturated carbocycles. The maximum Gasteiger partial charge on any atom is 0.259 e. The van der Waals surface area contributed by atoms with Crippen LogP contribution in [0.2, 0.25) is 0 Å². The highest BCUT2D eigenvalue weighted by Crippen LogP contribution is 2.16. The molecular weight excluding hydrogens is 344 g/mol. The Hall–Kier alpha value is -2.48. The zero-order valence-corrected chi connectivity index (χ0v) is 16.0. The smallest absolute Gasteiger partial charge is 0.259 e. The second-order valence-corrected chi connectivity index (χ2v) is 7.49. The molecule has 0 atom stereocenters.